The van der Waals surface area contributed by atoms with Crippen molar-refractivity contribution >= 4 is 37.9 Å². The zero-order valence-corrected chi connectivity index (χ0v) is 29.3. The molecule has 0 saturated carbocycles. The lowest BCUT2D eigenvalue weighted by molar-refractivity contribution is 0.791. The van der Waals surface area contributed by atoms with Crippen molar-refractivity contribution in [3.8, 4) is 56.2 Å². The van der Waals surface area contributed by atoms with Crippen molar-refractivity contribution in [1.29, 1.82) is 0 Å². The molecule has 0 radical (unpaired) electrons. The molecule has 9 aromatic rings. The van der Waals surface area contributed by atoms with Gasteiger partial charge in [0.05, 0.1) is 28.8 Å². The number of thiophene rings is 1. The minimum Gasteiger partial charge on any atom is -0.362 e. The predicted octanol–water partition coefficient (Wildman–Crippen LogP) is 12.1. The highest BCUT2D eigenvalue weighted by Crippen LogP contribution is 2.53. The van der Waals surface area contributed by atoms with Gasteiger partial charge in [-0.25, -0.2) is 4.98 Å². The second-order valence-corrected chi connectivity index (χ2v) is 14.4. The Hall–Kier alpha value is -6.43. The van der Waals surface area contributed by atoms with Gasteiger partial charge in [0.1, 0.15) is 0 Å². The predicted molar refractivity (Wildman–Crippen MR) is 217 cm³/mol. The van der Waals surface area contributed by atoms with Crippen LogP contribution in [0.5, 0.6) is 0 Å². The summed E-state index contributed by atoms with van der Waals surface area (Å²) in [5.74, 6) is 0. The van der Waals surface area contributed by atoms with Crippen LogP contribution in [0.3, 0.4) is 0 Å². The van der Waals surface area contributed by atoms with Crippen molar-refractivity contribution in [2.75, 3.05) is 11.9 Å². The van der Waals surface area contributed by atoms with Gasteiger partial charge < -0.3 is 4.90 Å². The van der Waals surface area contributed by atoms with E-state index >= 15 is 0 Å². The Morgan fingerprint density at radius 2 is 1.08 bits per heavy atom. The third-order valence-corrected chi connectivity index (χ3v) is 11.5. The van der Waals surface area contributed by atoms with Crippen LogP contribution in [0, 0.1) is 0 Å². The fraction of sp³-hybridized carbons (Fsp3) is 0.0426. The number of fused-ring (bicyclic) bond motifs is 6. The first-order valence-electron chi connectivity index (χ1n) is 17.5. The van der Waals surface area contributed by atoms with E-state index in [4.69, 9.17) is 4.98 Å². The van der Waals surface area contributed by atoms with Gasteiger partial charge in [0, 0.05) is 51.2 Å². The summed E-state index contributed by atoms with van der Waals surface area (Å²) < 4.78 is 1.33. The molecule has 246 valence electrons. The number of nitrogens with zero attached hydrogens (tertiary/aromatic N) is 4. The zero-order chi connectivity index (χ0) is 34.6. The summed E-state index contributed by atoms with van der Waals surface area (Å²) in [7, 11) is 2.25. The van der Waals surface area contributed by atoms with Gasteiger partial charge in [0.2, 0.25) is 0 Å². The molecule has 0 amide bonds. The third-order valence-electron chi connectivity index (χ3n) is 10.2. The van der Waals surface area contributed by atoms with Crippen LogP contribution in [0.4, 0.5) is 5.69 Å². The second-order valence-electron chi connectivity index (χ2n) is 13.3. The molecule has 5 heterocycles. The Morgan fingerprint density at radius 3 is 1.71 bits per heavy atom. The summed E-state index contributed by atoms with van der Waals surface area (Å²) in [6, 6.07) is 56.4. The van der Waals surface area contributed by atoms with Crippen LogP contribution >= 0.6 is 11.3 Å². The molecule has 4 aromatic heterocycles. The van der Waals surface area contributed by atoms with Gasteiger partial charge >= 0.3 is 0 Å². The van der Waals surface area contributed by atoms with E-state index in [0.29, 0.717) is 0 Å². The SMILES string of the molecule is CN1c2cc3ccccc3cc2-c2c(sc3ccccc23)C1c1ccc(-c2ccc(-c3cc(-c4ccccn4)nc(-c4ccccn4)c3)cc2)cc1. The Bertz CT molecular complexity index is 2680. The smallest absolute Gasteiger partial charge is 0.0900 e. The Kier molecular flexibility index (Phi) is 7.25. The standard InChI is InChI=1S/C47H32N4S/c1-51-43-29-35-11-3-2-10-34(35)26-38(43)45-37-12-4-5-15-44(37)52-47(45)46(51)33-22-20-31(21-23-33)30-16-18-32(19-17-30)36-27-41(39-13-6-8-24-48-39)50-42(28-36)40-14-7-9-25-49-40/h2-29,46H,1H3. The van der Waals surface area contributed by atoms with Gasteiger partial charge in [0.25, 0.3) is 0 Å². The molecule has 0 spiro atoms. The van der Waals surface area contributed by atoms with Crippen molar-refractivity contribution in [2.24, 2.45) is 0 Å². The van der Waals surface area contributed by atoms with Crippen LogP contribution < -0.4 is 4.90 Å². The molecule has 10 rings (SSSR count). The molecule has 0 bridgehead atoms. The summed E-state index contributed by atoms with van der Waals surface area (Å²) in [6.45, 7) is 0. The molecule has 1 aliphatic heterocycles. The van der Waals surface area contributed by atoms with Crippen LogP contribution in [0.1, 0.15) is 16.5 Å². The summed E-state index contributed by atoms with van der Waals surface area (Å²) in [4.78, 5) is 18.0. The molecule has 1 aliphatic rings. The molecule has 0 saturated heterocycles. The summed E-state index contributed by atoms with van der Waals surface area (Å²) in [5, 5.41) is 3.87. The fourth-order valence-electron chi connectivity index (χ4n) is 7.65. The lowest BCUT2D eigenvalue weighted by Crippen LogP contribution is -2.28. The first kappa shape index (κ1) is 30.4. The number of aromatic nitrogens is 3. The summed E-state index contributed by atoms with van der Waals surface area (Å²) in [5.41, 5.74) is 13.1. The van der Waals surface area contributed by atoms with E-state index in [2.05, 4.69) is 143 Å². The van der Waals surface area contributed by atoms with E-state index < -0.39 is 0 Å². The summed E-state index contributed by atoms with van der Waals surface area (Å²) >= 11 is 1.92. The van der Waals surface area contributed by atoms with Crippen molar-refractivity contribution in [2.45, 2.75) is 6.04 Å². The molecule has 4 nitrogen and oxygen atoms in total. The van der Waals surface area contributed by atoms with E-state index in [1.807, 2.05) is 47.7 Å². The third kappa shape index (κ3) is 5.17. The number of hydrogen-bond acceptors (Lipinski definition) is 5. The normalized spacial score (nSPS) is 13.6. The van der Waals surface area contributed by atoms with Crippen molar-refractivity contribution in [3.63, 3.8) is 0 Å². The monoisotopic (exact) mass is 684 g/mol. The molecule has 1 atom stereocenters. The molecule has 52 heavy (non-hydrogen) atoms. The highest BCUT2D eigenvalue weighted by molar-refractivity contribution is 7.19. The fourth-order valence-corrected chi connectivity index (χ4v) is 9.04. The number of benzene rings is 5. The van der Waals surface area contributed by atoms with E-state index in [-0.39, 0.29) is 6.04 Å². The molecular weight excluding hydrogens is 653 g/mol. The number of hydrogen-bond donors (Lipinski definition) is 0. The molecular formula is C47H32N4S. The van der Waals surface area contributed by atoms with E-state index in [9.17, 15) is 0 Å². The van der Waals surface area contributed by atoms with E-state index in [1.54, 1.807) is 12.4 Å². The lowest BCUT2D eigenvalue weighted by Gasteiger charge is -2.37. The number of pyridine rings is 3. The maximum absolute atomic E-state index is 4.94. The highest BCUT2D eigenvalue weighted by Gasteiger charge is 2.33. The maximum Gasteiger partial charge on any atom is 0.0900 e. The van der Waals surface area contributed by atoms with Crippen LogP contribution in [0.25, 0.3) is 77.0 Å². The first-order chi connectivity index (χ1) is 25.7. The zero-order valence-electron chi connectivity index (χ0n) is 28.4. The van der Waals surface area contributed by atoms with Crippen LogP contribution in [0.2, 0.25) is 0 Å². The van der Waals surface area contributed by atoms with Crippen LogP contribution in [-0.2, 0) is 0 Å². The van der Waals surface area contributed by atoms with Gasteiger partial charge in [-0.2, -0.15) is 0 Å². The van der Waals surface area contributed by atoms with Gasteiger partial charge in [-0.05, 0) is 93.2 Å². The molecule has 1 unspecified atom stereocenters. The number of rotatable bonds is 5. The Labute approximate surface area is 306 Å². The average Bonchev–Trinajstić information content (AvgIpc) is 3.60. The van der Waals surface area contributed by atoms with E-state index in [1.165, 1.54) is 59.2 Å². The summed E-state index contributed by atoms with van der Waals surface area (Å²) in [6.07, 6.45) is 3.61. The largest absolute Gasteiger partial charge is 0.362 e. The quantitative estimate of drug-likeness (QED) is 0.181. The molecule has 0 N–H and O–H groups in total. The minimum atomic E-state index is 0.116. The van der Waals surface area contributed by atoms with Crippen molar-refractivity contribution in [1.82, 2.24) is 15.0 Å². The van der Waals surface area contributed by atoms with Gasteiger partial charge in [-0.3, -0.25) is 9.97 Å². The van der Waals surface area contributed by atoms with Crippen LogP contribution in [0.15, 0.2) is 170 Å². The maximum atomic E-state index is 4.94. The van der Waals surface area contributed by atoms with Gasteiger partial charge in [-0.1, -0.05) is 103 Å². The van der Waals surface area contributed by atoms with Crippen LogP contribution in [-0.4, -0.2) is 22.0 Å². The molecule has 0 aliphatic carbocycles. The Balaban J connectivity index is 1.00. The number of anilines is 1. The first-order valence-corrected chi connectivity index (χ1v) is 18.3. The second kappa shape index (κ2) is 12.4. The Morgan fingerprint density at radius 1 is 0.519 bits per heavy atom. The lowest BCUT2D eigenvalue weighted by atomic mass is 9.87. The van der Waals surface area contributed by atoms with Crippen molar-refractivity contribution in [3.05, 3.63) is 181 Å². The topological polar surface area (TPSA) is 41.9 Å². The molecule has 5 heteroatoms. The van der Waals surface area contributed by atoms with E-state index in [0.717, 1.165) is 33.9 Å². The van der Waals surface area contributed by atoms with Gasteiger partial charge in [-0.15, -0.1) is 11.3 Å². The highest BCUT2D eigenvalue weighted by atomic mass is 32.1. The molecule has 5 aromatic carbocycles. The van der Waals surface area contributed by atoms with Gasteiger partial charge in [0.15, 0.2) is 0 Å². The minimum absolute atomic E-state index is 0.116. The molecule has 0 fully saturated rings. The van der Waals surface area contributed by atoms with Crippen molar-refractivity contribution < 1.29 is 0 Å². The average molecular weight is 685 g/mol.